The predicted octanol–water partition coefficient (Wildman–Crippen LogP) is 4.76. The molecule has 0 spiro atoms. The number of carbonyl (C=O) groups excluding carboxylic acids is 1. The minimum absolute atomic E-state index is 0.202. The summed E-state index contributed by atoms with van der Waals surface area (Å²) in [6, 6.07) is 15.0. The number of hydrogen-bond donors (Lipinski definition) is 2. The Bertz CT molecular complexity index is 1330. The summed E-state index contributed by atoms with van der Waals surface area (Å²) in [6.07, 6.45) is 7.23. The quantitative estimate of drug-likeness (QED) is 0.263. The van der Waals surface area contributed by atoms with E-state index in [2.05, 4.69) is 17.3 Å². The van der Waals surface area contributed by atoms with Crippen molar-refractivity contribution in [3.8, 4) is 5.75 Å². The van der Waals surface area contributed by atoms with Gasteiger partial charge in [0.1, 0.15) is 22.6 Å². The van der Waals surface area contributed by atoms with Crippen LogP contribution in [0.5, 0.6) is 5.75 Å². The molecule has 0 bridgehead atoms. The van der Waals surface area contributed by atoms with E-state index in [9.17, 15) is 4.79 Å². The maximum atomic E-state index is 13.1. The van der Waals surface area contributed by atoms with Crippen LogP contribution in [0, 0.1) is 0 Å². The molecule has 0 saturated heterocycles. The monoisotopic (exact) mass is 458 g/mol. The Morgan fingerprint density at radius 1 is 1.09 bits per heavy atom. The molecule has 0 saturated carbocycles. The zero-order valence-electron chi connectivity index (χ0n) is 19.6. The average molecular weight is 459 g/mol. The van der Waals surface area contributed by atoms with E-state index in [1.807, 2.05) is 48.5 Å². The number of nitrogens with zero attached hydrogens (tertiary/aromatic N) is 4. The molecule has 8 heteroatoms. The van der Waals surface area contributed by atoms with Crippen molar-refractivity contribution < 1.29 is 9.53 Å². The first-order valence-electron chi connectivity index (χ1n) is 11.7. The molecule has 2 heterocycles. The summed E-state index contributed by atoms with van der Waals surface area (Å²) in [6.45, 7) is 2.77. The second-order valence-corrected chi connectivity index (χ2v) is 8.15. The molecule has 0 aliphatic carbocycles. The molecule has 0 aliphatic heterocycles. The molecule has 4 rings (SSSR count). The van der Waals surface area contributed by atoms with Crippen molar-refractivity contribution in [3.63, 3.8) is 0 Å². The van der Waals surface area contributed by atoms with Crippen LogP contribution in [-0.2, 0) is 0 Å². The topological polar surface area (TPSA) is 107 Å². The molecule has 8 nitrogen and oxygen atoms in total. The number of nitrogens with two attached hydrogens (primary N) is 1. The molecule has 2 aromatic carbocycles. The summed E-state index contributed by atoms with van der Waals surface area (Å²) < 4.78 is 6.76. The molecule has 0 aliphatic rings. The van der Waals surface area contributed by atoms with E-state index in [-0.39, 0.29) is 11.7 Å². The number of aromatic nitrogens is 3. The van der Waals surface area contributed by atoms with Crippen LogP contribution >= 0.6 is 0 Å². The lowest BCUT2D eigenvalue weighted by atomic mass is 10.1. The molecule has 3 N–H and O–H groups in total. The summed E-state index contributed by atoms with van der Waals surface area (Å²) in [4.78, 5) is 22.6. The van der Waals surface area contributed by atoms with Gasteiger partial charge in [-0.25, -0.2) is 9.97 Å². The van der Waals surface area contributed by atoms with Gasteiger partial charge in [-0.05, 0) is 36.2 Å². The smallest absolute Gasteiger partial charge is 0.257 e. The van der Waals surface area contributed by atoms with Crippen molar-refractivity contribution in [3.05, 3.63) is 59.7 Å². The van der Waals surface area contributed by atoms with Crippen LogP contribution in [0.25, 0.3) is 22.2 Å². The van der Waals surface area contributed by atoms with Gasteiger partial charge in [0.05, 0.1) is 24.4 Å². The predicted molar refractivity (Wildman–Crippen MR) is 137 cm³/mol. The van der Waals surface area contributed by atoms with Crippen LogP contribution in [0.15, 0.2) is 53.6 Å². The fraction of sp³-hybridized carbons (Fsp3) is 0.308. The zero-order chi connectivity index (χ0) is 23.9. The Hall–Kier alpha value is -3.94. The number of anilines is 1. The number of methoxy groups -OCH3 is 1. The first kappa shape index (κ1) is 23.2. The average Bonchev–Trinajstić information content (AvgIpc) is 3.13. The lowest BCUT2D eigenvalue weighted by Gasteiger charge is -2.05. The summed E-state index contributed by atoms with van der Waals surface area (Å²) >= 11 is 0. The number of carbonyl (C=O) groups is 1. The summed E-state index contributed by atoms with van der Waals surface area (Å²) in [5.41, 5.74) is 9.84. The van der Waals surface area contributed by atoms with E-state index in [0.29, 0.717) is 34.3 Å². The number of ether oxygens (including phenoxy) is 1. The molecule has 0 atom stereocenters. The highest BCUT2D eigenvalue weighted by atomic mass is 16.5. The minimum Gasteiger partial charge on any atom is -0.497 e. The molecule has 34 heavy (non-hydrogen) atoms. The Morgan fingerprint density at radius 2 is 1.85 bits per heavy atom. The van der Waals surface area contributed by atoms with Gasteiger partial charge in [0.2, 0.25) is 0 Å². The lowest BCUT2D eigenvalue weighted by molar-refractivity contribution is 0.0955. The fourth-order valence-electron chi connectivity index (χ4n) is 3.85. The Labute approximate surface area is 198 Å². The number of nitrogen functional groups attached to an aromatic ring is 1. The minimum atomic E-state index is -0.266. The van der Waals surface area contributed by atoms with Crippen LogP contribution in [0.1, 0.15) is 54.9 Å². The van der Waals surface area contributed by atoms with Crippen LogP contribution < -0.4 is 15.8 Å². The van der Waals surface area contributed by atoms with Crippen LogP contribution in [0.4, 0.5) is 5.82 Å². The van der Waals surface area contributed by atoms with Crippen molar-refractivity contribution >= 4 is 40.1 Å². The van der Waals surface area contributed by atoms with E-state index < -0.39 is 0 Å². The van der Waals surface area contributed by atoms with E-state index in [0.717, 1.165) is 24.2 Å². The molecule has 0 fully saturated rings. The van der Waals surface area contributed by atoms with Crippen molar-refractivity contribution in [1.29, 1.82) is 0 Å². The van der Waals surface area contributed by atoms with E-state index >= 15 is 0 Å². The van der Waals surface area contributed by atoms with Crippen molar-refractivity contribution in [1.82, 2.24) is 20.0 Å². The number of benzene rings is 2. The number of para-hydroxylation sites is 2. The Morgan fingerprint density at radius 3 is 2.62 bits per heavy atom. The SMILES string of the molecule is CCCCCCCNC(=O)c1c(N)n(N=Cc2cccc(OC)c2)c2nc3ccccc3nc12. The van der Waals surface area contributed by atoms with E-state index in [4.69, 9.17) is 20.4 Å². The number of amides is 1. The van der Waals surface area contributed by atoms with Gasteiger partial charge in [0, 0.05) is 6.54 Å². The highest BCUT2D eigenvalue weighted by Gasteiger charge is 2.23. The number of hydrogen-bond acceptors (Lipinski definition) is 6. The van der Waals surface area contributed by atoms with Gasteiger partial charge in [-0.3, -0.25) is 4.79 Å². The molecule has 4 aromatic rings. The normalized spacial score (nSPS) is 11.5. The van der Waals surface area contributed by atoms with Crippen LogP contribution in [0.3, 0.4) is 0 Å². The third-order valence-electron chi connectivity index (χ3n) is 5.68. The Kier molecular flexibility index (Phi) is 7.37. The van der Waals surface area contributed by atoms with Gasteiger partial charge < -0.3 is 15.8 Å². The zero-order valence-corrected chi connectivity index (χ0v) is 19.6. The first-order valence-corrected chi connectivity index (χ1v) is 11.7. The lowest BCUT2D eigenvalue weighted by Crippen LogP contribution is -2.25. The molecule has 1 amide bonds. The summed E-state index contributed by atoms with van der Waals surface area (Å²) in [5.74, 6) is 0.657. The van der Waals surface area contributed by atoms with Gasteiger partial charge in [-0.15, -0.1) is 0 Å². The van der Waals surface area contributed by atoms with Gasteiger partial charge >= 0.3 is 0 Å². The maximum absolute atomic E-state index is 13.1. The second-order valence-electron chi connectivity index (χ2n) is 8.15. The summed E-state index contributed by atoms with van der Waals surface area (Å²) in [5, 5.41) is 7.54. The van der Waals surface area contributed by atoms with Crippen LogP contribution in [0.2, 0.25) is 0 Å². The molecule has 176 valence electrons. The van der Waals surface area contributed by atoms with Crippen LogP contribution in [-0.4, -0.2) is 40.4 Å². The molecule has 0 radical (unpaired) electrons. The van der Waals surface area contributed by atoms with E-state index in [1.165, 1.54) is 23.9 Å². The number of unbranched alkanes of at least 4 members (excludes halogenated alkanes) is 4. The molecule has 2 aromatic heterocycles. The standard InChI is InChI=1S/C26H30N6O2/c1-3-4-5-6-9-15-28-26(33)22-23-25(31-21-14-8-7-13-20(21)30-23)32(24(22)27)29-17-18-11-10-12-19(16-18)34-2/h7-8,10-14,16-17H,3-6,9,15,27H2,1-2H3,(H,28,33). The fourth-order valence-corrected chi connectivity index (χ4v) is 3.85. The third-order valence-corrected chi connectivity index (χ3v) is 5.68. The third kappa shape index (κ3) is 5.01. The highest BCUT2D eigenvalue weighted by Crippen LogP contribution is 2.28. The first-order chi connectivity index (χ1) is 16.6. The van der Waals surface area contributed by atoms with Gasteiger partial charge in [0.25, 0.3) is 5.91 Å². The van der Waals surface area contributed by atoms with Gasteiger partial charge in [0.15, 0.2) is 5.65 Å². The van der Waals surface area contributed by atoms with Crippen molar-refractivity contribution in [2.45, 2.75) is 39.0 Å². The van der Waals surface area contributed by atoms with Gasteiger partial charge in [-0.1, -0.05) is 56.9 Å². The van der Waals surface area contributed by atoms with E-state index in [1.54, 1.807) is 13.3 Å². The summed E-state index contributed by atoms with van der Waals surface area (Å²) in [7, 11) is 1.61. The van der Waals surface area contributed by atoms with Gasteiger partial charge in [-0.2, -0.15) is 9.78 Å². The molecule has 0 unspecified atom stereocenters. The Balaban J connectivity index is 1.70. The molecular weight excluding hydrogens is 428 g/mol. The number of nitrogens with one attached hydrogen (secondary N) is 1. The highest BCUT2D eigenvalue weighted by molar-refractivity contribution is 6.10. The molecular formula is C26H30N6O2. The van der Waals surface area contributed by atoms with Crippen molar-refractivity contribution in [2.24, 2.45) is 5.10 Å². The number of fused-ring (bicyclic) bond motifs is 2. The second kappa shape index (κ2) is 10.8. The van der Waals surface area contributed by atoms with Crippen molar-refractivity contribution in [2.75, 3.05) is 19.4 Å². The number of rotatable bonds is 10. The maximum Gasteiger partial charge on any atom is 0.257 e. The largest absolute Gasteiger partial charge is 0.497 e.